The molecule has 2 nitrogen and oxygen atoms in total. The van der Waals surface area contributed by atoms with Crippen LogP contribution in [0.2, 0.25) is 0 Å². The van der Waals surface area contributed by atoms with E-state index < -0.39 is 0 Å². The van der Waals surface area contributed by atoms with Crippen LogP contribution in [0.25, 0.3) is 0 Å². The Balaban J connectivity index is 2.06. The number of nitrogens with one attached hydrogen (secondary N) is 1. The summed E-state index contributed by atoms with van der Waals surface area (Å²) in [4.78, 5) is 2.26. The number of halogens is 1. The van der Waals surface area contributed by atoms with E-state index in [4.69, 9.17) is 0 Å². The average Bonchev–Trinajstić information content (AvgIpc) is 3.23. The molecule has 1 aliphatic carbocycles. The van der Waals surface area contributed by atoms with Gasteiger partial charge in [-0.2, -0.15) is 0 Å². The topological polar surface area (TPSA) is 15.3 Å². The van der Waals surface area contributed by atoms with Crippen molar-refractivity contribution < 1.29 is 4.39 Å². The maximum atomic E-state index is 14.4. The third kappa shape index (κ3) is 4.20. The lowest BCUT2D eigenvalue weighted by atomic mass is 10.1. The first kappa shape index (κ1) is 15.3. The fraction of sp³-hybridized carbons (Fsp3) is 0.647. The van der Waals surface area contributed by atoms with Gasteiger partial charge in [0.15, 0.2) is 0 Å². The summed E-state index contributed by atoms with van der Waals surface area (Å²) in [5.41, 5.74) is 1.81. The van der Waals surface area contributed by atoms with Crippen LogP contribution in [0.15, 0.2) is 18.2 Å². The zero-order chi connectivity index (χ0) is 14.5. The van der Waals surface area contributed by atoms with E-state index >= 15 is 0 Å². The maximum Gasteiger partial charge on any atom is 0.146 e. The highest BCUT2D eigenvalue weighted by molar-refractivity contribution is 5.51. The highest BCUT2D eigenvalue weighted by Gasteiger charge is 2.30. The number of anilines is 1. The van der Waals surface area contributed by atoms with Crippen LogP contribution < -0.4 is 10.2 Å². The zero-order valence-corrected chi connectivity index (χ0v) is 13.0. The molecule has 1 fully saturated rings. The Morgan fingerprint density at radius 2 is 2.10 bits per heavy atom. The van der Waals surface area contributed by atoms with Gasteiger partial charge in [0, 0.05) is 25.2 Å². The summed E-state index contributed by atoms with van der Waals surface area (Å²) in [6, 6.07) is 6.68. The fourth-order valence-electron chi connectivity index (χ4n) is 2.43. The van der Waals surface area contributed by atoms with Crippen molar-refractivity contribution in [1.29, 1.82) is 0 Å². The minimum Gasteiger partial charge on any atom is -0.366 e. The fourth-order valence-corrected chi connectivity index (χ4v) is 2.43. The number of hydrogen-bond acceptors (Lipinski definition) is 2. The van der Waals surface area contributed by atoms with Gasteiger partial charge in [0.25, 0.3) is 0 Å². The van der Waals surface area contributed by atoms with Gasteiger partial charge < -0.3 is 10.2 Å². The molecule has 0 amide bonds. The molecule has 1 N–H and O–H groups in total. The molecule has 0 unspecified atom stereocenters. The number of hydrogen-bond donors (Lipinski definition) is 1. The van der Waals surface area contributed by atoms with Crippen molar-refractivity contribution in [2.75, 3.05) is 11.4 Å². The molecule has 0 spiro atoms. The smallest absolute Gasteiger partial charge is 0.146 e. The first-order chi connectivity index (χ1) is 9.61. The summed E-state index contributed by atoms with van der Waals surface area (Å²) in [5.74, 6) is -0.0731. The number of nitrogens with zero attached hydrogens (tertiary/aromatic N) is 1. The molecule has 20 heavy (non-hydrogen) atoms. The van der Waals surface area contributed by atoms with E-state index in [-0.39, 0.29) is 5.82 Å². The van der Waals surface area contributed by atoms with E-state index in [1.807, 2.05) is 6.07 Å². The van der Waals surface area contributed by atoms with Crippen molar-refractivity contribution in [3.8, 4) is 0 Å². The van der Waals surface area contributed by atoms with Gasteiger partial charge in [-0.05, 0) is 37.0 Å². The normalized spacial score (nSPS) is 14.8. The van der Waals surface area contributed by atoms with Gasteiger partial charge in [0.05, 0.1) is 5.69 Å². The molecule has 0 atom stereocenters. The molecule has 112 valence electrons. The number of unbranched alkanes of at least 4 members (excludes halogenated alkanes) is 1. The predicted octanol–water partition coefficient (Wildman–Crippen LogP) is 4.09. The molecule has 0 heterocycles. The highest BCUT2D eigenvalue weighted by Crippen LogP contribution is 2.33. The van der Waals surface area contributed by atoms with Crippen molar-refractivity contribution in [2.45, 2.75) is 65.1 Å². The summed E-state index contributed by atoms with van der Waals surface area (Å²) >= 11 is 0. The molecular weight excluding hydrogens is 251 g/mol. The molecule has 2 rings (SSSR count). The lowest BCUT2D eigenvalue weighted by Crippen LogP contribution is -2.28. The van der Waals surface area contributed by atoms with Gasteiger partial charge in [-0.15, -0.1) is 0 Å². The molecule has 0 radical (unpaired) electrons. The standard InChI is InChI=1S/C17H27FN2/c1-4-5-10-20(15-7-8-15)17-9-6-14(11-16(17)18)12-19-13(2)3/h6,9,11,13,15,19H,4-5,7-8,10,12H2,1-3H3. The van der Waals surface area contributed by atoms with Crippen LogP contribution in [0.3, 0.4) is 0 Å². The van der Waals surface area contributed by atoms with Crippen LogP contribution in [0.5, 0.6) is 0 Å². The molecule has 0 bridgehead atoms. The van der Waals surface area contributed by atoms with Crippen LogP contribution in [-0.2, 0) is 6.54 Å². The Bertz CT molecular complexity index is 427. The highest BCUT2D eigenvalue weighted by atomic mass is 19.1. The van der Waals surface area contributed by atoms with Crippen LogP contribution >= 0.6 is 0 Å². The van der Waals surface area contributed by atoms with Gasteiger partial charge in [0.2, 0.25) is 0 Å². The number of benzene rings is 1. The first-order valence-electron chi connectivity index (χ1n) is 7.90. The van der Waals surface area contributed by atoms with Crippen LogP contribution in [0.1, 0.15) is 52.0 Å². The van der Waals surface area contributed by atoms with Crippen molar-refractivity contribution in [3.05, 3.63) is 29.6 Å². The summed E-state index contributed by atoms with van der Waals surface area (Å²) in [6.07, 6.45) is 4.70. The quantitative estimate of drug-likeness (QED) is 0.770. The first-order valence-corrected chi connectivity index (χ1v) is 7.90. The van der Waals surface area contributed by atoms with E-state index in [1.54, 1.807) is 6.07 Å². The van der Waals surface area contributed by atoms with Gasteiger partial charge in [-0.1, -0.05) is 33.3 Å². The Hall–Kier alpha value is -1.09. The van der Waals surface area contributed by atoms with Crippen molar-refractivity contribution in [1.82, 2.24) is 5.32 Å². The Morgan fingerprint density at radius 1 is 1.35 bits per heavy atom. The predicted molar refractivity (Wildman–Crippen MR) is 83.7 cm³/mol. The minimum atomic E-state index is -0.0731. The van der Waals surface area contributed by atoms with Crippen LogP contribution in [0, 0.1) is 5.82 Å². The molecular formula is C17H27FN2. The van der Waals surface area contributed by atoms with Gasteiger partial charge in [-0.25, -0.2) is 4.39 Å². The molecule has 3 heteroatoms. The van der Waals surface area contributed by atoms with Gasteiger partial charge in [-0.3, -0.25) is 0 Å². The summed E-state index contributed by atoms with van der Waals surface area (Å²) in [5, 5.41) is 3.33. The monoisotopic (exact) mass is 278 g/mol. The zero-order valence-electron chi connectivity index (χ0n) is 13.0. The van der Waals surface area contributed by atoms with E-state index in [9.17, 15) is 4.39 Å². The van der Waals surface area contributed by atoms with Crippen molar-refractivity contribution in [3.63, 3.8) is 0 Å². The molecule has 0 aliphatic heterocycles. The van der Waals surface area contributed by atoms with Gasteiger partial charge >= 0.3 is 0 Å². The van der Waals surface area contributed by atoms with Crippen LogP contribution in [-0.4, -0.2) is 18.6 Å². The SMILES string of the molecule is CCCCN(c1ccc(CNC(C)C)cc1F)C1CC1. The Morgan fingerprint density at radius 3 is 2.65 bits per heavy atom. The summed E-state index contributed by atoms with van der Waals surface area (Å²) in [6.45, 7) is 8.09. The second-order valence-electron chi connectivity index (χ2n) is 6.10. The molecule has 1 aromatic rings. The summed E-state index contributed by atoms with van der Waals surface area (Å²) < 4.78 is 14.4. The molecule has 0 aromatic heterocycles. The molecule has 1 aliphatic rings. The maximum absolute atomic E-state index is 14.4. The number of rotatable bonds is 8. The van der Waals surface area contributed by atoms with E-state index in [0.717, 1.165) is 37.2 Å². The third-order valence-electron chi connectivity index (χ3n) is 3.78. The lowest BCUT2D eigenvalue weighted by molar-refractivity contribution is 0.578. The van der Waals surface area contributed by atoms with Gasteiger partial charge in [0.1, 0.15) is 5.82 Å². The van der Waals surface area contributed by atoms with E-state index in [0.29, 0.717) is 12.1 Å². The summed E-state index contributed by atoms with van der Waals surface area (Å²) in [7, 11) is 0. The Kier molecular flexibility index (Phi) is 5.41. The van der Waals surface area contributed by atoms with Crippen molar-refractivity contribution >= 4 is 5.69 Å². The molecule has 1 saturated carbocycles. The average molecular weight is 278 g/mol. The Labute approximate surface area is 122 Å². The van der Waals surface area contributed by atoms with Crippen molar-refractivity contribution in [2.24, 2.45) is 0 Å². The minimum absolute atomic E-state index is 0.0731. The molecule has 1 aromatic carbocycles. The van der Waals surface area contributed by atoms with Crippen LogP contribution in [0.4, 0.5) is 10.1 Å². The second kappa shape index (κ2) is 7.07. The molecule has 0 saturated heterocycles. The largest absolute Gasteiger partial charge is 0.366 e. The van der Waals surface area contributed by atoms with E-state index in [1.165, 1.54) is 12.8 Å². The lowest BCUT2D eigenvalue weighted by Gasteiger charge is -2.25. The third-order valence-corrected chi connectivity index (χ3v) is 3.78. The van der Waals surface area contributed by atoms with E-state index in [2.05, 4.69) is 37.1 Å². The second-order valence-corrected chi connectivity index (χ2v) is 6.10.